The molecule has 3 heterocycles. The fourth-order valence-corrected chi connectivity index (χ4v) is 5.72. The fraction of sp³-hybridized carbons (Fsp3) is 0.308. The van der Waals surface area contributed by atoms with Gasteiger partial charge >= 0.3 is 0 Å². The second-order valence-electron chi connectivity index (χ2n) is 8.99. The number of pyridine rings is 1. The van der Waals surface area contributed by atoms with Gasteiger partial charge in [0.1, 0.15) is 21.6 Å². The Morgan fingerprint density at radius 3 is 2.63 bits per heavy atom. The zero-order valence-corrected chi connectivity index (χ0v) is 20.9. The van der Waals surface area contributed by atoms with E-state index >= 15 is 0 Å². The van der Waals surface area contributed by atoms with Crippen LogP contribution in [-0.2, 0) is 11.3 Å². The minimum absolute atomic E-state index is 0.235. The molecule has 2 aromatic heterocycles. The predicted octanol–water partition coefficient (Wildman–Crippen LogP) is 5.29. The summed E-state index contributed by atoms with van der Waals surface area (Å²) < 4.78 is 15.2. The normalized spacial score (nSPS) is 18.1. The zero-order chi connectivity index (χ0) is 24.5. The third kappa shape index (κ3) is 5.01. The molecule has 35 heavy (non-hydrogen) atoms. The molecule has 1 aliphatic carbocycles. The third-order valence-electron chi connectivity index (χ3n) is 6.35. The summed E-state index contributed by atoms with van der Waals surface area (Å²) in [6.45, 7) is 2.16. The van der Waals surface area contributed by atoms with E-state index in [9.17, 15) is 14.0 Å². The molecule has 0 atom stereocenters. The molecule has 9 heteroatoms. The van der Waals surface area contributed by atoms with Crippen LogP contribution in [0.2, 0.25) is 0 Å². The van der Waals surface area contributed by atoms with E-state index in [4.69, 9.17) is 17.2 Å². The van der Waals surface area contributed by atoms with Gasteiger partial charge in [0.2, 0.25) is 0 Å². The average molecular weight is 509 g/mol. The quantitative estimate of drug-likeness (QED) is 0.373. The van der Waals surface area contributed by atoms with Crippen LogP contribution >= 0.6 is 24.0 Å². The van der Waals surface area contributed by atoms with Gasteiger partial charge in [-0.25, -0.2) is 9.37 Å². The summed E-state index contributed by atoms with van der Waals surface area (Å²) in [6, 6.07) is 9.97. The number of thioether (sulfide) groups is 1. The monoisotopic (exact) mass is 508 g/mol. The van der Waals surface area contributed by atoms with Crippen LogP contribution in [0.15, 0.2) is 52.3 Å². The summed E-state index contributed by atoms with van der Waals surface area (Å²) >= 11 is 6.63. The number of hydrogen-bond donors (Lipinski definition) is 1. The average Bonchev–Trinajstić information content (AvgIpc) is 3.11. The van der Waals surface area contributed by atoms with Crippen molar-refractivity contribution in [2.45, 2.75) is 51.6 Å². The number of nitrogens with one attached hydrogen (secondary N) is 1. The van der Waals surface area contributed by atoms with Crippen molar-refractivity contribution in [3.05, 3.63) is 80.4 Å². The van der Waals surface area contributed by atoms with Gasteiger partial charge in [-0.1, -0.05) is 61.4 Å². The van der Waals surface area contributed by atoms with Crippen molar-refractivity contribution in [3.63, 3.8) is 0 Å². The number of halogens is 1. The Labute approximate surface area is 212 Å². The number of aryl methyl sites for hydroxylation is 1. The lowest BCUT2D eigenvalue weighted by Crippen LogP contribution is -2.28. The number of hydrogen-bond acceptors (Lipinski definition) is 6. The van der Waals surface area contributed by atoms with Crippen molar-refractivity contribution in [1.82, 2.24) is 14.3 Å². The molecule has 6 nitrogen and oxygen atoms in total. The smallest absolute Gasteiger partial charge is 0.267 e. The summed E-state index contributed by atoms with van der Waals surface area (Å²) in [4.78, 5) is 33.4. The molecule has 0 spiro atoms. The van der Waals surface area contributed by atoms with Crippen molar-refractivity contribution >= 4 is 51.7 Å². The summed E-state index contributed by atoms with van der Waals surface area (Å²) in [5, 5.41) is 3.48. The van der Waals surface area contributed by atoms with Crippen LogP contribution < -0.4 is 10.9 Å². The van der Waals surface area contributed by atoms with Crippen molar-refractivity contribution < 1.29 is 9.18 Å². The van der Waals surface area contributed by atoms with Crippen LogP contribution in [0.4, 0.5) is 10.2 Å². The second kappa shape index (κ2) is 9.91. The standard InChI is InChI=1S/C26H25FN4O2S2/c1-16-7-12-22-29-23(28-19-5-3-2-4-6-19)20(24(32)30(22)14-16)13-21-25(33)31(26(34)35-21)15-17-8-10-18(27)11-9-17/h7-14,19,28H,2-6,15H2,1H3/b21-13+. The maximum absolute atomic E-state index is 13.6. The molecule has 1 aliphatic heterocycles. The highest BCUT2D eigenvalue weighted by atomic mass is 32.2. The molecule has 2 fully saturated rings. The summed E-state index contributed by atoms with van der Waals surface area (Å²) in [5.41, 5.74) is 2.37. The number of carbonyl (C=O) groups excluding carboxylic acids is 1. The van der Waals surface area contributed by atoms with Crippen molar-refractivity contribution in [2.75, 3.05) is 5.32 Å². The lowest BCUT2D eigenvalue weighted by atomic mass is 9.95. The number of carbonyl (C=O) groups is 1. The molecule has 180 valence electrons. The molecule has 0 radical (unpaired) electrons. The lowest BCUT2D eigenvalue weighted by Gasteiger charge is -2.24. The number of anilines is 1. The Bertz CT molecular complexity index is 1390. The molecule has 0 unspecified atom stereocenters. The first-order chi connectivity index (χ1) is 16.9. The van der Waals surface area contributed by atoms with Gasteiger partial charge in [-0.3, -0.25) is 18.9 Å². The first-order valence-corrected chi connectivity index (χ1v) is 12.9. The minimum atomic E-state index is -0.337. The molecule has 5 rings (SSSR count). The van der Waals surface area contributed by atoms with Crippen molar-refractivity contribution in [1.29, 1.82) is 0 Å². The zero-order valence-electron chi connectivity index (χ0n) is 19.3. The number of fused-ring (bicyclic) bond motifs is 1. The minimum Gasteiger partial charge on any atom is -0.367 e. The SMILES string of the molecule is Cc1ccc2nc(NC3CCCCC3)c(/C=C3/SC(=S)N(Cc4ccc(F)cc4)C3=O)c(=O)n2c1. The first-order valence-electron chi connectivity index (χ1n) is 11.7. The molecule has 1 amide bonds. The van der Waals surface area contributed by atoms with Gasteiger partial charge < -0.3 is 5.32 Å². The van der Waals surface area contributed by atoms with E-state index in [0.717, 1.165) is 48.6 Å². The number of thiocarbonyl (C=S) groups is 1. The first kappa shape index (κ1) is 23.7. The Hall–Kier alpha value is -3.04. The lowest BCUT2D eigenvalue weighted by molar-refractivity contribution is -0.122. The van der Waals surface area contributed by atoms with Crippen LogP contribution in [0, 0.1) is 12.7 Å². The fourth-order valence-electron chi connectivity index (χ4n) is 4.48. The van der Waals surface area contributed by atoms with Gasteiger partial charge in [-0.15, -0.1) is 0 Å². The molecule has 1 aromatic carbocycles. The van der Waals surface area contributed by atoms with Crippen molar-refractivity contribution in [2.24, 2.45) is 0 Å². The van der Waals surface area contributed by atoms with Gasteiger partial charge in [0, 0.05) is 12.2 Å². The third-order valence-corrected chi connectivity index (χ3v) is 7.73. The van der Waals surface area contributed by atoms with Crippen LogP contribution in [0.3, 0.4) is 0 Å². The van der Waals surface area contributed by atoms with E-state index < -0.39 is 0 Å². The van der Waals surface area contributed by atoms with Gasteiger partial charge in [0.05, 0.1) is 17.0 Å². The molecular weight excluding hydrogens is 483 g/mol. The highest BCUT2D eigenvalue weighted by molar-refractivity contribution is 8.26. The summed E-state index contributed by atoms with van der Waals surface area (Å²) in [6.07, 6.45) is 8.91. The van der Waals surface area contributed by atoms with E-state index in [2.05, 4.69) is 5.32 Å². The molecular formula is C26H25FN4O2S2. The van der Waals surface area contributed by atoms with Crippen LogP contribution in [0.25, 0.3) is 11.7 Å². The predicted molar refractivity (Wildman–Crippen MR) is 142 cm³/mol. The van der Waals surface area contributed by atoms with Gasteiger partial charge in [0.15, 0.2) is 0 Å². The van der Waals surface area contributed by atoms with Gasteiger partial charge in [-0.05, 0) is 55.2 Å². The maximum atomic E-state index is 13.6. The Kier molecular flexibility index (Phi) is 6.71. The highest BCUT2D eigenvalue weighted by Gasteiger charge is 2.33. The molecule has 2 aliphatic rings. The van der Waals surface area contributed by atoms with Crippen molar-refractivity contribution in [3.8, 4) is 0 Å². The molecule has 1 saturated heterocycles. The van der Waals surface area contributed by atoms with Crippen LogP contribution in [0.1, 0.15) is 48.8 Å². The van der Waals surface area contributed by atoms with Gasteiger partial charge in [0.25, 0.3) is 11.5 Å². The summed E-state index contributed by atoms with van der Waals surface area (Å²) in [7, 11) is 0. The number of aromatic nitrogens is 2. The van der Waals surface area contributed by atoms with E-state index in [1.165, 1.54) is 27.9 Å². The largest absolute Gasteiger partial charge is 0.367 e. The van der Waals surface area contributed by atoms with Crippen LogP contribution in [-0.4, -0.2) is 30.6 Å². The van der Waals surface area contributed by atoms with E-state index in [1.807, 2.05) is 19.1 Å². The number of amides is 1. The van der Waals surface area contributed by atoms with E-state index in [-0.39, 0.29) is 29.9 Å². The molecule has 3 aromatic rings. The second-order valence-corrected chi connectivity index (χ2v) is 10.7. The van der Waals surface area contributed by atoms with E-state index in [0.29, 0.717) is 26.3 Å². The Balaban J connectivity index is 1.52. The van der Waals surface area contributed by atoms with Gasteiger partial charge in [-0.2, -0.15) is 0 Å². The molecule has 1 saturated carbocycles. The maximum Gasteiger partial charge on any atom is 0.267 e. The summed E-state index contributed by atoms with van der Waals surface area (Å²) in [5.74, 6) is -0.118. The Morgan fingerprint density at radius 1 is 1.14 bits per heavy atom. The van der Waals surface area contributed by atoms with Crippen LogP contribution in [0.5, 0.6) is 0 Å². The van der Waals surface area contributed by atoms with E-state index in [1.54, 1.807) is 24.4 Å². The number of benzene rings is 1. The molecule has 1 N–H and O–H groups in total. The topological polar surface area (TPSA) is 66.7 Å². The highest BCUT2D eigenvalue weighted by Crippen LogP contribution is 2.34. The number of rotatable bonds is 5. The Morgan fingerprint density at radius 2 is 1.89 bits per heavy atom. The number of nitrogens with zero attached hydrogens (tertiary/aromatic N) is 3. The molecule has 0 bridgehead atoms.